The number of rotatable bonds is 1. The number of halogens is 1. The summed E-state index contributed by atoms with van der Waals surface area (Å²) in [6.07, 6.45) is 1.29. The molecule has 0 fully saturated rings. The maximum Gasteiger partial charge on any atom is 0.214 e. The normalized spacial score (nSPS) is 11.0. The van der Waals surface area contributed by atoms with Crippen LogP contribution < -0.4 is 0 Å². The lowest BCUT2D eigenvalue weighted by Gasteiger charge is -2.01. The van der Waals surface area contributed by atoms with Gasteiger partial charge in [0.1, 0.15) is 11.8 Å². The highest BCUT2D eigenvalue weighted by molar-refractivity contribution is 6.35. The first-order chi connectivity index (χ1) is 8.63. The molecular formula is C12H8ClN3O2. The van der Waals surface area contributed by atoms with E-state index >= 15 is 0 Å². The first-order valence-electron chi connectivity index (χ1n) is 5.21. The van der Waals surface area contributed by atoms with Crippen molar-refractivity contribution >= 4 is 22.7 Å². The van der Waals surface area contributed by atoms with E-state index in [0.29, 0.717) is 27.7 Å². The van der Waals surface area contributed by atoms with Crippen LogP contribution in [0.3, 0.4) is 0 Å². The molecule has 0 radical (unpaired) electrons. The molecule has 18 heavy (non-hydrogen) atoms. The van der Waals surface area contributed by atoms with Gasteiger partial charge in [-0.2, -0.15) is 0 Å². The number of nitrogens with zero attached hydrogens (tertiary/aromatic N) is 3. The molecular weight excluding hydrogens is 254 g/mol. The van der Waals surface area contributed by atoms with E-state index in [1.54, 1.807) is 19.1 Å². The van der Waals surface area contributed by atoms with Gasteiger partial charge < -0.3 is 9.52 Å². The summed E-state index contributed by atoms with van der Waals surface area (Å²) in [5.41, 5.74) is 2.54. The molecule has 0 saturated carbocycles. The minimum Gasteiger partial charge on any atom is -0.493 e. The van der Waals surface area contributed by atoms with Gasteiger partial charge in [-0.25, -0.2) is 15.0 Å². The van der Waals surface area contributed by atoms with Crippen LogP contribution in [0.1, 0.15) is 5.89 Å². The topological polar surface area (TPSA) is 72.0 Å². The largest absolute Gasteiger partial charge is 0.493 e. The molecule has 3 aromatic rings. The summed E-state index contributed by atoms with van der Waals surface area (Å²) in [7, 11) is 0. The van der Waals surface area contributed by atoms with Crippen LogP contribution >= 0.6 is 11.6 Å². The number of aryl methyl sites for hydroxylation is 1. The van der Waals surface area contributed by atoms with Crippen LogP contribution in [0.15, 0.2) is 28.9 Å². The Kier molecular flexibility index (Phi) is 2.41. The van der Waals surface area contributed by atoms with Crippen LogP contribution in [0.5, 0.6) is 5.88 Å². The highest BCUT2D eigenvalue weighted by Crippen LogP contribution is 2.30. The zero-order chi connectivity index (χ0) is 12.7. The van der Waals surface area contributed by atoms with Crippen LogP contribution in [0.2, 0.25) is 5.02 Å². The minimum absolute atomic E-state index is 0.0902. The van der Waals surface area contributed by atoms with Gasteiger partial charge in [0.15, 0.2) is 11.5 Å². The van der Waals surface area contributed by atoms with E-state index in [0.717, 1.165) is 5.56 Å². The highest BCUT2D eigenvalue weighted by Gasteiger charge is 2.11. The van der Waals surface area contributed by atoms with E-state index in [-0.39, 0.29) is 5.88 Å². The van der Waals surface area contributed by atoms with Crippen LogP contribution in [-0.2, 0) is 0 Å². The van der Waals surface area contributed by atoms with E-state index in [2.05, 4.69) is 15.0 Å². The van der Waals surface area contributed by atoms with Gasteiger partial charge in [-0.3, -0.25) is 0 Å². The fourth-order valence-corrected chi connectivity index (χ4v) is 2.01. The molecule has 3 rings (SSSR count). The molecule has 1 N–H and O–H groups in total. The smallest absolute Gasteiger partial charge is 0.214 e. The Balaban J connectivity index is 2.24. The molecule has 2 heterocycles. The Bertz CT molecular complexity index is 739. The van der Waals surface area contributed by atoms with Crippen molar-refractivity contribution in [2.24, 2.45) is 0 Å². The molecule has 0 aliphatic carbocycles. The third-order valence-corrected chi connectivity index (χ3v) is 2.78. The molecule has 0 aliphatic heterocycles. The number of fused-ring (bicyclic) bond motifs is 1. The van der Waals surface area contributed by atoms with E-state index < -0.39 is 0 Å². The SMILES string of the molecule is Cc1nc2cc(-c3cc(O)ncn3)cc(Cl)c2o1. The summed E-state index contributed by atoms with van der Waals surface area (Å²) in [5.74, 6) is 0.460. The average Bonchev–Trinajstić information content (AvgIpc) is 2.70. The van der Waals surface area contributed by atoms with E-state index in [9.17, 15) is 5.11 Å². The van der Waals surface area contributed by atoms with E-state index in [1.165, 1.54) is 12.4 Å². The van der Waals surface area contributed by atoms with Gasteiger partial charge in [0.05, 0.1) is 10.7 Å². The van der Waals surface area contributed by atoms with Crippen LogP contribution in [0.4, 0.5) is 0 Å². The van der Waals surface area contributed by atoms with Crippen molar-refractivity contribution in [1.29, 1.82) is 0 Å². The molecule has 0 spiro atoms. The van der Waals surface area contributed by atoms with E-state index in [1.807, 2.05) is 0 Å². The summed E-state index contributed by atoms with van der Waals surface area (Å²) in [6.45, 7) is 1.76. The van der Waals surface area contributed by atoms with Gasteiger partial charge in [-0.15, -0.1) is 0 Å². The number of aromatic hydroxyl groups is 1. The molecule has 5 nitrogen and oxygen atoms in total. The molecule has 1 aromatic carbocycles. The maximum atomic E-state index is 9.34. The Morgan fingerprint density at radius 3 is 2.83 bits per heavy atom. The molecule has 0 bridgehead atoms. The molecule has 90 valence electrons. The summed E-state index contributed by atoms with van der Waals surface area (Å²) < 4.78 is 5.39. The summed E-state index contributed by atoms with van der Waals surface area (Å²) in [6, 6.07) is 4.99. The predicted octanol–water partition coefficient (Wildman–Crippen LogP) is 2.95. The second kappa shape index (κ2) is 3.96. The molecule has 0 aliphatic rings. The summed E-state index contributed by atoms with van der Waals surface area (Å²) in [4.78, 5) is 11.9. The molecule has 0 saturated heterocycles. The van der Waals surface area contributed by atoms with Crippen molar-refractivity contribution in [1.82, 2.24) is 15.0 Å². The number of benzene rings is 1. The highest BCUT2D eigenvalue weighted by atomic mass is 35.5. The number of hydrogen-bond donors (Lipinski definition) is 1. The first-order valence-corrected chi connectivity index (χ1v) is 5.59. The van der Waals surface area contributed by atoms with Gasteiger partial charge >= 0.3 is 0 Å². The third-order valence-electron chi connectivity index (χ3n) is 2.50. The molecule has 0 amide bonds. The Hall–Kier alpha value is -2.14. The maximum absolute atomic E-state index is 9.34. The lowest BCUT2D eigenvalue weighted by Crippen LogP contribution is -1.85. The first kappa shape index (κ1) is 11.0. The fourth-order valence-electron chi connectivity index (χ4n) is 1.76. The van der Waals surface area contributed by atoms with Gasteiger partial charge in [0, 0.05) is 18.6 Å². The van der Waals surface area contributed by atoms with Gasteiger partial charge in [0.2, 0.25) is 5.88 Å². The van der Waals surface area contributed by atoms with Crippen LogP contribution in [0, 0.1) is 6.92 Å². The lowest BCUT2D eigenvalue weighted by atomic mass is 10.1. The van der Waals surface area contributed by atoms with Gasteiger partial charge in [-0.05, 0) is 12.1 Å². The Morgan fingerprint density at radius 2 is 2.06 bits per heavy atom. The lowest BCUT2D eigenvalue weighted by molar-refractivity contribution is 0.452. The van der Waals surface area contributed by atoms with Crippen molar-refractivity contribution in [3.8, 4) is 17.1 Å². The second-order valence-corrected chi connectivity index (χ2v) is 4.21. The quantitative estimate of drug-likeness (QED) is 0.729. The van der Waals surface area contributed by atoms with Crippen LogP contribution in [0.25, 0.3) is 22.4 Å². The van der Waals surface area contributed by atoms with E-state index in [4.69, 9.17) is 16.0 Å². The number of oxazole rings is 1. The molecule has 2 aromatic heterocycles. The Morgan fingerprint density at radius 1 is 1.22 bits per heavy atom. The van der Waals surface area contributed by atoms with Crippen LogP contribution in [-0.4, -0.2) is 20.1 Å². The molecule has 6 heteroatoms. The predicted molar refractivity (Wildman–Crippen MR) is 66.4 cm³/mol. The minimum atomic E-state index is -0.0902. The molecule has 0 unspecified atom stereocenters. The number of aromatic nitrogens is 3. The average molecular weight is 262 g/mol. The van der Waals surface area contributed by atoms with Crippen molar-refractivity contribution in [3.63, 3.8) is 0 Å². The summed E-state index contributed by atoms with van der Waals surface area (Å²) in [5, 5.41) is 9.80. The van der Waals surface area contributed by atoms with Gasteiger partial charge in [0.25, 0.3) is 0 Å². The second-order valence-electron chi connectivity index (χ2n) is 3.80. The summed E-state index contributed by atoms with van der Waals surface area (Å²) >= 11 is 6.13. The number of hydrogen-bond acceptors (Lipinski definition) is 5. The van der Waals surface area contributed by atoms with Gasteiger partial charge in [-0.1, -0.05) is 11.6 Å². The standard InChI is InChI=1S/C12H8ClN3O2/c1-6-16-10-3-7(2-8(13)12(10)18-6)9-4-11(17)15-5-14-9/h2-5H,1H3,(H,14,15,17). The van der Waals surface area contributed by atoms with Crippen molar-refractivity contribution < 1.29 is 9.52 Å². The van der Waals surface area contributed by atoms with Crippen molar-refractivity contribution in [2.45, 2.75) is 6.92 Å². The zero-order valence-electron chi connectivity index (χ0n) is 9.38. The van der Waals surface area contributed by atoms with Crippen molar-refractivity contribution in [3.05, 3.63) is 35.4 Å². The zero-order valence-corrected chi connectivity index (χ0v) is 10.1. The van der Waals surface area contributed by atoms with Crippen molar-refractivity contribution in [2.75, 3.05) is 0 Å². The fraction of sp³-hybridized carbons (Fsp3) is 0.0833. The third kappa shape index (κ3) is 1.78. The monoisotopic (exact) mass is 261 g/mol. The molecule has 0 atom stereocenters. The Labute approximate surface area is 107 Å².